The number of carbonyl (C=O) groups excluding carboxylic acids is 2. The summed E-state index contributed by atoms with van der Waals surface area (Å²) in [6.45, 7) is 6.75. The smallest absolute Gasteiger partial charge is 0.407 e. The zero-order valence-corrected chi connectivity index (χ0v) is 13.9. The van der Waals surface area contributed by atoms with Gasteiger partial charge in [0.1, 0.15) is 5.60 Å². The molecule has 1 aliphatic heterocycles. The van der Waals surface area contributed by atoms with Crippen molar-refractivity contribution in [3.63, 3.8) is 0 Å². The average Bonchev–Trinajstić information content (AvgIpc) is 2.84. The molecule has 22 heavy (non-hydrogen) atoms. The first-order valence-corrected chi connectivity index (χ1v) is 8.30. The van der Waals surface area contributed by atoms with Gasteiger partial charge in [-0.05, 0) is 40.0 Å². The van der Waals surface area contributed by atoms with Crippen LogP contribution in [-0.4, -0.2) is 41.9 Å². The first kappa shape index (κ1) is 17.1. The molecular formula is C16H28N2O4. The van der Waals surface area contributed by atoms with E-state index in [0.29, 0.717) is 13.2 Å². The van der Waals surface area contributed by atoms with Crippen LogP contribution in [0.1, 0.15) is 59.3 Å². The summed E-state index contributed by atoms with van der Waals surface area (Å²) in [5.74, 6) is -0.214. The minimum atomic E-state index is -0.535. The SMILES string of the molecule is CC(C)(C)OC(=O)N[C@H]1CCCCC[C@@H]1C(=O)N1CCCO1. The van der Waals surface area contributed by atoms with Gasteiger partial charge in [-0.3, -0.25) is 9.63 Å². The fraction of sp³-hybridized carbons (Fsp3) is 0.875. The van der Waals surface area contributed by atoms with Crippen molar-refractivity contribution < 1.29 is 19.2 Å². The molecule has 1 saturated carbocycles. The van der Waals surface area contributed by atoms with E-state index >= 15 is 0 Å². The molecule has 2 atom stereocenters. The fourth-order valence-electron chi connectivity index (χ4n) is 3.04. The van der Waals surface area contributed by atoms with Crippen LogP contribution in [0.15, 0.2) is 0 Å². The molecule has 1 N–H and O–H groups in total. The Balaban J connectivity index is 2.00. The van der Waals surface area contributed by atoms with Gasteiger partial charge in [0.2, 0.25) is 0 Å². The minimum Gasteiger partial charge on any atom is -0.444 e. The second-order valence-electron chi connectivity index (χ2n) is 7.12. The molecule has 126 valence electrons. The van der Waals surface area contributed by atoms with Crippen molar-refractivity contribution in [3.8, 4) is 0 Å². The van der Waals surface area contributed by atoms with Gasteiger partial charge < -0.3 is 10.1 Å². The number of carbonyl (C=O) groups is 2. The normalized spacial score (nSPS) is 26.4. The molecule has 0 aromatic rings. The first-order valence-electron chi connectivity index (χ1n) is 8.30. The van der Waals surface area contributed by atoms with E-state index in [1.54, 1.807) is 0 Å². The van der Waals surface area contributed by atoms with E-state index in [9.17, 15) is 9.59 Å². The second kappa shape index (κ2) is 7.31. The van der Waals surface area contributed by atoms with E-state index in [0.717, 1.165) is 38.5 Å². The van der Waals surface area contributed by atoms with Crippen molar-refractivity contribution >= 4 is 12.0 Å². The third-order valence-electron chi connectivity index (χ3n) is 4.03. The number of hydroxylamine groups is 2. The molecule has 0 unspecified atom stereocenters. The number of hydrogen-bond acceptors (Lipinski definition) is 4. The van der Waals surface area contributed by atoms with Crippen LogP contribution in [0.4, 0.5) is 4.79 Å². The summed E-state index contributed by atoms with van der Waals surface area (Å²) >= 11 is 0. The standard InChI is InChI=1S/C16H28N2O4/c1-16(2,3)22-15(20)17-13-9-6-4-5-8-12(13)14(19)18-10-7-11-21-18/h12-13H,4-11H2,1-3H3,(H,17,20)/t12-,13-/m0/s1. The van der Waals surface area contributed by atoms with Crippen molar-refractivity contribution in [3.05, 3.63) is 0 Å². The van der Waals surface area contributed by atoms with Crippen molar-refractivity contribution in [2.45, 2.75) is 70.9 Å². The quantitative estimate of drug-likeness (QED) is 0.796. The molecule has 6 nitrogen and oxygen atoms in total. The van der Waals surface area contributed by atoms with Crippen LogP contribution in [0.2, 0.25) is 0 Å². The van der Waals surface area contributed by atoms with Crippen molar-refractivity contribution in [1.29, 1.82) is 0 Å². The maximum absolute atomic E-state index is 12.6. The number of nitrogens with one attached hydrogen (secondary N) is 1. The number of alkyl carbamates (subject to hydrolysis) is 1. The highest BCUT2D eigenvalue weighted by Gasteiger charge is 2.36. The van der Waals surface area contributed by atoms with Gasteiger partial charge >= 0.3 is 6.09 Å². The summed E-state index contributed by atoms with van der Waals surface area (Å²) in [6, 6.07) is -0.172. The van der Waals surface area contributed by atoms with Gasteiger partial charge in [0.15, 0.2) is 0 Å². The van der Waals surface area contributed by atoms with Gasteiger partial charge in [-0.25, -0.2) is 9.86 Å². The third kappa shape index (κ3) is 4.87. The Labute approximate surface area is 132 Å². The Morgan fingerprint density at radius 1 is 1.14 bits per heavy atom. The van der Waals surface area contributed by atoms with Gasteiger partial charge in [-0.1, -0.05) is 19.3 Å². The first-order chi connectivity index (χ1) is 10.4. The van der Waals surface area contributed by atoms with E-state index < -0.39 is 11.7 Å². The second-order valence-corrected chi connectivity index (χ2v) is 7.12. The number of rotatable bonds is 2. The number of hydrogen-bond donors (Lipinski definition) is 1. The zero-order chi connectivity index (χ0) is 16.2. The molecule has 6 heteroatoms. The van der Waals surface area contributed by atoms with Crippen LogP contribution < -0.4 is 5.32 Å². The third-order valence-corrected chi connectivity index (χ3v) is 4.03. The summed E-state index contributed by atoms with van der Waals surface area (Å²) in [6.07, 6.45) is 5.16. The highest BCUT2D eigenvalue weighted by molar-refractivity contribution is 5.80. The Morgan fingerprint density at radius 3 is 2.50 bits per heavy atom. The molecule has 2 rings (SSSR count). The Bertz CT molecular complexity index is 399. The summed E-state index contributed by atoms with van der Waals surface area (Å²) in [5.41, 5.74) is -0.535. The lowest BCUT2D eigenvalue weighted by Crippen LogP contribution is -2.48. The van der Waals surface area contributed by atoms with E-state index in [2.05, 4.69) is 5.32 Å². The topological polar surface area (TPSA) is 67.9 Å². The average molecular weight is 312 g/mol. The summed E-state index contributed by atoms with van der Waals surface area (Å²) in [7, 11) is 0. The molecule has 1 heterocycles. The number of nitrogens with zero attached hydrogens (tertiary/aromatic N) is 1. The maximum Gasteiger partial charge on any atom is 0.407 e. The Kier molecular flexibility index (Phi) is 5.67. The van der Waals surface area contributed by atoms with Crippen LogP contribution in [0.25, 0.3) is 0 Å². The van der Waals surface area contributed by atoms with Gasteiger partial charge in [0.25, 0.3) is 5.91 Å². The molecule has 2 aliphatic rings. The molecule has 0 spiro atoms. The molecule has 0 aromatic heterocycles. The lowest BCUT2D eigenvalue weighted by atomic mass is 9.93. The predicted molar refractivity (Wildman–Crippen MR) is 82.0 cm³/mol. The monoisotopic (exact) mass is 312 g/mol. The Hall–Kier alpha value is -1.30. The van der Waals surface area contributed by atoms with E-state index in [1.807, 2.05) is 20.8 Å². The van der Waals surface area contributed by atoms with Crippen molar-refractivity contribution in [2.24, 2.45) is 5.92 Å². The van der Waals surface area contributed by atoms with E-state index in [1.165, 1.54) is 5.06 Å². The minimum absolute atomic E-state index is 0.000425. The molecule has 1 saturated heterocycles. The summed E-state index contributed by atoms with van der Waals surface area (Å²) < 4.78 is 5.33. The number of amides is 2. The van der Waals surface area contributed by atoms with E-state index in [-0.39, 0.29) is 17.9 Å². The number of ether oxygens (including phenoxy) is 1. The molecule has 0 aromatic carbocycles. The highest BCUT2D eigenvalue weighted by Crippen LogP contribution is 2.27. The molecular weight excluding hydrogens is 284 g/mol. The Morgan fingerprint density at radius 2 is 1.86 bits per heavy atom. The van der Waals surface area contributed by atoms with Gasteiger partial charge in [0.05, 0.1) is 19.1 Å². The van der Waals surface area contributed by atoms with Crippen LogP contribution in [0.5, 0.6) is 0 Å². The fourth-order valence-corrected chi connectivity index (χ4v) is 3.04. The van der Waals surface area contributed by atoms with Crippen LogP contribution in [-0.2, 0) is 14.4 Å². The van der Waals surface area contributed by atoms with Crippen LogP contribution in [0.3, 0.4) is 0 Å². The summed E-state index contributed by atoms with van der Waals surface area (Å²) in [4.78, 5) is 30.1. The lowest BCUT2D eigenvalue weighted by molar-refractivity contribution is -0.174. The van der Waals surface area contributed by atoms with E-state index in [4.69, 9.17) is 9.57 Å². The van der Waals surface area contributed by atoms with Crippen LogP contribution in [0, 0.1) is 5.92 Å². The predicted octanol–water partition coefficient (Wildman–Crippen LogP) is 2.62. The molecule has 1 aliphatic carbocycles. The van der Waals surface area contributed by atoms with Gasteiger partial charge in [-0.15, -0.1) is 0 Å². The molecule has 0 bridgehead atoms. The van der Waals surface area contributed by atoms with Crippen molar-refractivity contribution in [1.82, 2.24) is 10.4 Å². The maximum atomic E-state index is 12.6. The molecule has 2 amide bonds. The van der Waals surface area contributed by atoms with Gasteiger partial charge in [-0.2, -0.15) is 0 Å². The lowest BCUT2D eigenvalue weighted by Gasteiger charge is -2.29. The highest BCUT2D eigenvalue weighted by atomic mass is 16.7. The molecule has 2 fully saturated rings. The van der Waals surface area contributed by atoms with Gasteiger partial charge in [0, 0.05) is 6.04 Å². The van der Waals surface area contributed by atoms with Crippen LogP contribution >= 0.6 is 0 Å². The van der Waals surface area contributed by atoms with Crippen molar-refractivity contribution in [2.75, 3.05) is 13.2 Å². The largest absolute Gasteiger partial charge is 0.444 e. The summed E-state index contributed by atoms with van der Waals surface area (Å²) in [5, 5.41) is 4.38. The zero-order valence-electron chi connectivity index (χ0n) is 13.9. The molecule has 0 radical (unpaired) electrons.